The molecule has 0 fully saturated rings. The van der Waals surface area contributed by atoms with Gasteiger partial charge in [0, 0.05) is 21.2 Å². The molecule has 1 unspecified atom stereocenters. The normalized spacial score (nSPS) is 15.2. The Balaban J connectivity index is 0.000000381. The molecule has 140 valence electrons. The van der Waals surface area contributed by atoms with Crippen molar-refractivity contribution >= 4 is 31.1 Å². The zero-order valence-electron chi connectivity index (χ0n) is 12.3. The van der Waals surface area contributed by atoms with E-state index in [4.69, 9.17) is 11.6 Å². The number of rotatable bonds is 4. The summed E-state index contributed by atoms with van der Waals surface area (Å²) in [5.41, 5.74) is 1.99. The first-order valence-corrected chi connectivity index (χ1v) is 9.73. The van der Waals surface area contributed by atoms with Crippen molar-refractivity contribution < 1.29 is 34.5 Å². The predicted molar refractivity (Wildman–Crippen MR) is 87.6 cm³/mol. The Kier molecular flexibility index (Phi) is 6.09. The molecule has 2 nitrogen and oxygen atoms in total. The standard InChI is InChI=1S/C14H11ClO2S.F6P/c15-12-5-1-10(2-6-12)9-14(18-17)11-3-7-13(16)8-4-11;1-7(2,3,4,5)6/h1-8,14H,9H2;/q;-1/p+1. The summed E-state index contributed by atoms with van der Waals surface area (Å²) in [6, 6.07) is 14.2. The van der Waals surface area contributed by atoms with Gasteiger partial charge in [-0.25, -0.2) is 0 Å². The maximum atomic E-state index is 11.2. The second-order valence-corrected chi connectivity index (χ2v) is 8.08. The van der Waals surface area contributed by atoms with Crippen LogP contribution in [0.2, 0.25) is 5.02 Å². The quantitative estimate of drug-likeness (QED) is 0.322. The van der Waals surface area contributed by atoms with Crippen LogP contribution >= 0.6 is 19.4 Å². The molecule has 0 aliphatic rings. The van der Waals surface area contributed by atoms with Crippen LogP contribution in [0.1, 0.15) is 16.4 Å². The van der Waals surface area contributed by atoms with Gasteiger partial charge in [0.2, 0.25) is 0 Å². The summed E-state index contributed by atoms with van der Waals surface area (Å²) < 4.78 is 70.4. The number of phenols is 1. The minimum Gasteiger partial charge on any atom is -0.508 e. The summed E-state index contributed by atoms with van der Waals surface area (Å²) in [5, 5.41) is 9.76. The fourth-order valence-corrected chi connectivity index (χ4v) is 2.39. The molecular weight excluding hydrogens is 413 g/mol. The largest absolute Gasteiger partial charge is 0.508 e. The molecule has 2 aromatic carbocycles. The molecule has 0 aliphatic carbocycles. The van der Waals surface area contributed by atoms with E-state index in [0.29, 0.717) is 23.1 Å². The van der Waals surface area contributed by atoms with E-state index in [2.05, 4.69) is 0 Å². The van der Waals surface area contributed by atoms with Crippen LogP contribution in [0.15, 0.2) is 48.5 Å². The summed E-state index contributed by atoms with van der Waals surface area (Å²) in [4.78, 5) is 0. The Labute approximate surface area is 148 Å². The molecule has 0 spiro atoms. The average molecular weight is 425 g/mol. The second kappa shape index (κ2) is 7.05. The maximum absolute atomic E-state index is 11.2. The van der Waals surface area contributed by atoms with Gasteiger partial charge in [0.15, 0.2) is 0 Å². The summed E-state index contributed by atoms with van der Waals surface area (Å²) in [6.45, 7) is 0. The second-order valence-electron chi connectivity index (χ2n) is 4.97. The first kappa shape index (κ1) is 21.6. The fourth-order valence-electron chi connectivity index (χ4n) is 1.73. The minimum atomic E-state index is -10.7. The molecule has 0 aromatic heterocycles. The molecule has 0 saturated carbocycles. The Morgan fingerprint density at radius 2 is 1.36 bits per heavy atom. The molecule has 25 heavy (non-hydrogen) atoms. The summed E-state index contributed by atoms with van der Waals surface area (Å²) in [6.07, 6.45) is 0.649. The van der Waals surface area contributed by atoms with E-state index < -0.39 is 7.81 Å². The molecule has 1 N–H and O–H groups in total. The van der Waals surface area contributed by atoms with Gasteiger partial charge in [-0.2, -0.15) is 0 Å². The van der Waals surface area contributed by atoms with Crippen molar-refractivity contribution in [2.75, 3.05) is 0 Å². The Morgan fingerprint density at radius 3 is 1.76 bits per heavy atom. The van der Waals surface area contributed by atoms with Gasteiger partial charge in [-0.1, -0.05) is 23.7 Å². The van der Waals surface area contributed by atoms with Crippen molar-refractivity contribution in [2.24, 2.45) is 0 Å². The number of hydrogen-bond acceptors (Lipinski definition) is 2. The topological polar surface area (TPSA) is 37.3 Å². The summed E-state index contributed by atoms with van der Waals surface area (Å²) >= 11 is 6.39. The van der Waals surface area contributed by atoms with Crippen LogP contribution in [0.3, 0.4) is 0 Å². The van der Waals surface area contributed by atoms with Crippen molar-refractivity contribution in [3.05, 3.63) is 64.7 Å². The zero-order chi connectivity index (χ0) is 19.4. The van der Waals surface area contributed by atoms with E-state index in [1.807, 2.05) is 24.3 Å². The van der Waals surface area contributed by atoms with E-state index in [-0.39, 0.29) is 11.0 Å². The zero-order valence-corrected chi connectivity index (χ0v) is 14.7. The van der Waals surface area contributed by atoms with E-state index in [0.717, 1.165) is 11.1 Å². The van der Waals surface area contributed by atoms with Crippen LogP contribution in [-0.2, 0) is 22.3 Å². The molecule has 11 heteroatoms. The van der Waals surface area contributed by atoms with Crippen LogP contribution in [0, 0.1) is 0 Å². The first-order valence-electron chi connectivity index (χ1n) is 6.52. The molecule has 0 saturated heterocycles. The summed E-state index contributed by atoms with van der Waals surface area (Å²) in [7, 11) is -10.7. The van der Waals surface area contributed by atoms with Crippen LogP contribution < -0.4 is 0 Å². The molecule has 1 atom stereocenters. The third-order valence-corrected chi connectivity index (χ3v) is 3.64. The van der Waals surface area contributed by atoms with Gasteiger partial charge in [0.1, 0.15) is 5.75 Å². The van der Waals surface area contributed by atoms with Gasteiger partial charge >= 0.3 is 44.7 Å². The molecule has 0 amide bonds. The Bertz CT molecular complexity index is 708. The van der Waals surface area contributed by atoms with Crippen molar-refractivity contribution in [3.8, 4) is 5.75 Å². The van der Waals surface area contributed by atoms with Gasteiger partial charge in [-0.15, -0.1) is 0 Å². The molecular formula is C14H12ClF6O2PS. The molecule has 2 rings (SSSR count). The van der Waals surface area contributed by atoms with Crippen molar-refractivity contribution in [2.45, 2.75) is 11.7 Å². The first-order chi connectivity index (χ1) is 11.1. The third kappa shape index (κ3) is 11.7. The fraction of sp³-hybridized carbons (Fsp3) is 0.143. The minimum absolute atomic E-state index is 0.160. The monoisotopic (exact) mass is 424 g/mol. The van der Waals surface area contributed by atoms with Gasteiger partial charge in [0.05, 0.1) is 0 Å². The smallest absolute Gasteiger partial charge is 0.467 e. The Hall–Kier alpha value is -1.44. The molecule has 2 aromatic rings. The molecule has 0 bridgehead atoms. The van der Waals surface area contributed by atoms with Crippen LogP contribution in [0.25, 0.3) is 0 Å². The Morgan fingerprint density at radius 1 is 0.920 bits per heavy atom. The van der Waals surface area contributed by atoms with Gasteiger partial charge < -0.3 is 5.11 Å². The SMILES string of the molecule is F[P-](F)(F)(F)(F)F.O=[S+]C(Cc1ccc(Cl)cc1)c1ccc(O)cc1. The predicted octanol–water partition coefficient (Wildman–Crippen LogP) is 7.14. The number of aromatic hydroxyl groups is 1. The third-order valence-electron chi connectivity index (χ3n) is 2.72. The molecule has 0 aliphatic heterocycles. The van der Waals surface area contributed by atoms with Crippen LogP contribution in [0.5, 0.6) is 5.75 Å². The maximum Gasteiger partial charge on any atom is 0.467 e. The van der Waals surface area contributed by atoms with Crippen molar-refractivity contribution in [1.29, 1.82) is 0 Å². The van der Waals surface area contributed by atoms with E-state index in [1.54, 1.807) is 24.3 Å². The van der Waals surface area contributed by atoms with Crippen molar-refractivity contribution in [1.82, 2.24) is 0 Å². The van der Waals surface area contributed by atoms with Crippen LogP contribution in [-0.4, -0.2) is 5.11 Å². The van der Waals surface area contributed by atoms with Crippen LogP contribution in [0.4, 0.5) is 25.2 Å². The number of phenolic OH excluding ortho intramolecular Hbond substituents is 1. The molecule has 0 heterocycles. The van der Waals surface area contributed by atoms with Gasteiger partial charge in [-0.3, -0.25) is 0 Å². The van der Waals surface area contributed by atoms with E-state index in [1.165, 1.54) is 0 Å². The van der Waals surface area contributed by atoms with E-state index >= 15 is 0 Å². The average Bonchev–Trinajstić information content (AvgIpc) is 2.44. The number of hydrogen-bond donors (Lipinski definition) is 1. The van der Waals surface area contributed by atoms with Gasteiger partial charge in [0.25, 0.3) is 5.25 Å². The number of halogens is 7. The number of benzene rings is 2. The van der Waals surface area contributed by atoms with E-state index in [9.17, 15) is 34.5 Å². The molecule has 0 radical (unpaired) electrons. The van der Waals surface area contributed by atoms with Crippen molar-refractivity contribution in [3.63, 3.8) is 0 Å². The van der Waals surface area contributed by atoms with Gasteiger partial charge in [-0.05, 0) is 42.0 Å². The summed E-state index contributed by atoms with van der Waals surface area (Å²) in [5.74, 6) is 0.208.